The number of rotatable bonds is 7. The molecule has 6 nitrogen and oxygen atoms in total. The van der Waals surface area contributed by atoms with Crippen molar-refractivity contribution in [3.63, 3.8) is 0 Å². The fraction of sp³-hybridized carbons (Fsp3) is 0.581. The van der Waals surface area contributed by atoms with Crippen LogP contribution in [0.3, 0.4) is 0 Å². The van der Waals surface area contributed by atoms with Crippen LogP contribution in [-0.2, 0) is 25.5 Å². The maximum Gasteiger partial charge on any atom is 0.306 e. The lowest BCUT2D eigenvalue weighted by atomic mass is 9.54. The predicted octanol–water partition coefficient (Wildman–Crippen LogP) is 4.73. The molecule has 0 radical (unpaired) electrons. The van der Waals surface area contributed by atoms with Crippen molar-refractivity contribution in [2.24, 2.45) is 17.3 Å². The summed E-state index contributed by atoms with van der Waals surface area (Å²) < 4.78 is 5.37. The van der Waals surface area contributed by atoms with Gasteiger partial charge in [0.25, 0.3) is 0 Å². The number of anilines is 1. The first kappa shape index (κ1) is 25.9. The molecule has 0 heterocycles. The van der Waals surface area contributed by atoms with Crippen LogP contribution in [0.5, 0.6) is 0 Å². The fourth-order valence-electron chi connectivity index (χ4n) is 7.55. The molecule has 4 atom stereocenters. The van der Waals surface area contributed by atoms with Crippen LogP contribution in [0.15, 0.2) is 47.1 Å². The molecule has 0 bridgehead atoms. The number of esters is 1. The third-order valence-corrected chi connectivity index (χ3v) is 9.78. The van der Waals surface area contributed by atoms with Crippen molar-refractivity contribution in [1.82, 2.24) is 0 Å². The van der Waals surface area contributed by atoms with Crippen molar-refractivity contribution in [2.75, 3.05) is 25.6 Å². The molecule has 0 amide bonds. The zero-order valence-corrected chi connectivity index (χ0v) is 22.3. The molecule has 2 saturated carbocycles. The van der Waals surface area contributed by atoms with Gasteiger partial charge in [-0.1, -0.05) is 24.6 Å². The van der Waals surface area contributed by atoms with Crippen LogP contribution < -0.4 is 4.90 Å². The van der Waals surface area contributed by atoms with Gasteiger partial charge in [-0.05, 0) is 98.1 Å². The van der Waals surface area contributed by atoms with Crippen LogP contribution in [0.2, 0.25) is 0 Å². The van der Waals surface area contributed by atoms with Crippen LogP contribution in [0.4, 0.5) is 5.69 Å². The summed E-state index contributed by atoms with van der Waals surface area (Å²) in [7, 11) is 3.96. The van der Waals surface area contributed by atoms with Crippen LogP contribution in [0.1, 0.15) is 70.3 Å². The second-order valence-corrected chi connectivity index (χ2v) is 11.9. The summed E-state index contributed by atoms with van der Waals surface area (Å²) in [6.45, 7) is 1.70. The van der Waals surface area contributed by atoms with E-state index in [0.29, 0.717) is 25.2 Å². The van der Waals surface area contributed by atoms with Crippen LogP contribution in [-0.4, -0.2) is 48.9 Å². The number of nitrogens with zero attached hydrogens (tertiary/aromatic N) is 1. The third kappa shape index (κ3) is 4.58. The summed E-state index contributed by atoms with van der Waals surface area (Å²) in [5.41, 5.74) is 4.21. The quantitative estimate of drug-likeness (QED) is 0.539. The fourth-order valence-corrected chi connectivity index (χ4v) is 7.55. The average molecular weight is 506 g/mol. The van der Waals surface area contributed by atoms with Crippen LogP contribution >= 0.6 is 0 Å². The minimum absolute atomic E-state index is 0.199. The summed E-state index contributed by atoms with van der Waals surface area (Å²) in [6, 6.07) is 8.02. The number of allylic oxidation sites excluding steroid dienone is 4. The standard InChI is InChI=1S/C31H39NO5/c1-30-16-14-25-24-12-10-23(33)18-21(24)7-11-26(25)27(30)15-17-31(30,36)28(34)19-37-29(35)13-6-20-4-8-22(9-5-20)32(2)3/h4-5,8-9,18,26-27,36H,6-7,10-17,19H2,1-3H3/t26-,27+,30+,31+/m1/s1. The van der Waals surface area contributed by atoms with Gasteiger partial charge < -0.3 is 14.7 Å². The Hall–Kier alpha value is -2.73. The largest absolute Gasteiger partial charge is 0.458 e. The SMILES string of the molecule is CN(C)c1ccc(CCC(=O)OCC(=O)[C@@]2(O)CC[C@H]3[C@@H]4CCC5=CC(=O)CCC5=C4CC[C@@]32C)cc1. The Balaban J connectivity index is 1.20. The van der Waals surface area contributed by atoms with Gasteiger partial charge in [-0.25, -0.2) is 0 Å². The van der Waals surface area contributed by atoms with Gasteiger partial charge >= 0.3 is 5.97 Å². The number of benzene rings is 1. The highest BCUT2D eigenvalue weighted by molar-refractivity contribution is 5.93. The van der Waals surface area contributed by atoms with E-state index in [9.17, 15) is 19.5 Å². The highest BCUT2D eigenvalue weighted by Gasteiger charge is 2.63. The molecule has 1 aromatic carbocycles. The molecule has 1 N–H and O–H groups in total. The van der Waals surface area contributed by atoms with Gasteiger partial charge in [-0.15, -0.1) is 0 Å². The summed E-state index contributed by atoms with van der Waals surface area (Å²) in [4.78, 5) is 39.7. The van der Waals surface area contributed by atoms with Gasteiger partial charge in [0.2, 0.25) is 5.78 Å². The second kappa shape index (κ2) is 9.86. The molecule has 4 aliphatic carbocycles. The number of ketones is 2. The number of fused-ring (bicyclic) bond motifs is 4. The van der Waals surface area contributed by atoms with Crippen molar-refractivity contribution < 1.29 is 24.2 Å². The highest BCUT2D eigenvalue weighted by atomic mass is 16.5. The van der Waals surface area contributed by atoms with Crippen LogP contribution in [0, 0.1) is 17.3 Å². The average Bonchev–Trinajstić information content (AvgIpc) is 3.17. The van der Waals surface area contributed by atoms with Crippen molar-refractivity contribution in [1.29, 1.82) is 0 Å². The molecular formula is C31H39NO5. The first-order valence-corrected chi connectivity index (χ1v) is 13.8. The van der Waals surface area contributed by atoms with E-state index in [2.05, 4.69) is 6.92 Å². The molecule has 2 fully saturated rings. The van der Waals surface area contributed by atoms with Gasteiger partial charge in [0, 0.05) is 38.0 Å². The normalized spacial score (nSPS) is 30.7. The summed E-state index contributed by atoms with van der Waals surface area (Å²) in [5.74, 6) is 0.0514. The van der Waals surface area contributed by atoms with Crippen LogP contribution in [0.25, 0.3) is 0 Å². The van der Waals surface area contributed by atoms with E-state index < -0.39 is 17.0 Å². The first-order chi connectivity index (χ1) is 17.6. The summed E-state index contributed by atoms with van der Waals surface area (Å²) >= 11 is 0. The molecule has 0 aliphatic heterocycles. The lowest BCUT2D eigenvalue weighted by Crippen LogP contribution is -2.55. The maximum atomic E-state index is 13.3. The Kier molecular flexibility index (Phi) is 6.90. The first-order valence-electron chi connectivity index (χ1n) is 13.8. The number of aliphatic hydroxyl groups is 1. The molecule has 5 rings (SSSR count). The number of ether oxygens (including phenoxy) is 1. The van der Waals surface area contributed by atoms with E-state index in [-0.39, 0.29) is 30.5 Å². The van der Waals surface area contributed by atoms with Gasteiger partial charge in [-0.2, -0.15) is 0 Å². The molecule has 1 aromatic rings. The molecule has 0 spiro atoms. The molecular weight excluding hydrogens is 466 g/mol. The molecule has 198 valence electrons. The van der Waals surface area contributed by atoms with E-state index >= 15 is 0 Å². The van der Waals surface area contributed by atoms with E-state index in [1.165, 1.54) is 16.7 Å². The second-order valence-electron chi connectivity index (χ2n) is 11.9. The molecule has 6 heteroatoms. The number of Topliss-reactive ketones (excluding diaryl/α,β-unsaturated/α-hetero) is 1. The molecule has 37 heavy (non-hydrogen) atoms. The highest BCUT2D eigenvalue weighted by Crippen LogP contribution is 2.63. The Morgan fingerprint density at radius 1 is 1.05 bits per heavy atom. The maximum absolute atomic E-state index is 13.3. The lowest BCUT2D eigenvalue weighted by molar-refractivity contribution is -0.164. The Morgan fingerprint density at radius 3 is 2.54 bits per heavy atom. The lowest BCUT2D eigenvalue weighted by Gasteiger charge is -2.51. The molecule has 0 saturated heterocycles. The van der Waals surface area contributed by atoms with Crippen molar-refractivity contribution in [3.05, 3.63) is 52.6 Å². The van der Waals surface area contributed by atoms with Gasteiger partial charge in [0.15, 0.2) is 12.4 Å². The van der Waals surface area contributed by atoms with Crippen molar-refractivity contribution in [2.45, 2.75) is 76.7 Å². The van der Waals surface area contributed by atoms with E-state index in [4.69, 9.17) is 4.74 Å². The van der Waals surface area contributed by atoms with Gasteiger partial charge in [-0.3, -0.25) is 14.4 Å². The number of hydrogen-bond donors (Lipinski definition) is 1. The molecule has 4 aliphatic rings. The van der Waals surface area contributed by atoms with E-state index in [1.807, 2.05) is 49.3 Å². The zero-order valence-electron chi connectivity index (χ0n) is 22.3. The zero-order chi connectivity index (χ0) is 26.4. The smallest absolute Gasteiger partial charge is 0.306 e. The summed E-state index contributed by atoms with van der Waals surface area (Å²) in [5, 5.41) is 11.7. The third-order valence-electron chi connectivity index (χ3n) is 9.78. The minimum Gasteiger partial charge on any atom is -0.458 e. The van der Waals surface area contributed by atoms with Gasteiger partial charge in [0.05, 0.1) is 0 Å². The van der Waals surface area contributed by atoms with Crippen molar-refractivity contribution in [3.8, 4) is 0 Å². The van der Waals surface area contributed by atoms with Crippen molar-refractivity contribution >= 4 is 23.2 Å². The van der Waals surface area contributed by atoms with E-state index in [0.717, 1.165) is 49.8 Å². The van der Waals surface area contributed by atoms with E-state index in [1.54, 1.807) is 0 Å². The topological polar surface area (TPSA) is 83.9 Å². The monoisotopic (exact) mass is 505 g/mol. The number of aryl methyl sites for hydroxylation is 1. The molecule has 0 unspecified atom stereocenters. The predicted molar refractivity (Wildman–Crippen MR) is 142 cm³/mol. The summed E-state index contributed by atoms with van der Waals surface area (Å²) in [6.07, 6.45) is 8.72. The number of carbonyl (C=O) groups is 3. The Bertz CT molecular complexity index is 1160. The minimum atomic E-state index is -1.46. The number of carbonyl (C=O) groups excluding carboxylic acids is 3. The Labute approximate surface area is 219 Å². The molecule has 0 aromatic heterocycles. The number of hydrogen-bond acceptors (Lipinski definition) is 6. The Morgan fingerprint density at radius 2 is 1.81 bits per heavy atom. The van der Waals surface area contributed by atoms with Gasteiger partial charge in [0.1, 0.15) is 5.60 Å².